The summed E-state index contributed by atoms with van der Waals surface area (Å²) in [7, 11) is 0. The zero-order valence-corrected chi connectivity index (χ0v) is 8.71. The topological polar surface area (TPSA) is 80.4 Å². The minimum atomic E-state index is -1.08. The number of hydrogen-bond donors (Lipinski definition) is 1. The van der Waals surface area contributed by atoms with Gasteiger partial charge in [0.25, 0.3) is 5.69 Å². The Morgan fingerprint density at radius 3 is 2.75 bits per heavy atom. The molecule has 0 atom stereocenters. The highest BCUT2D eigenvalue weighted by molar-refractivity contribution is 5.85. The molecule has 0 saturated carbocycles. The predicted octanol–water partition coefficient (Wildman–Crippen LogP) is 2.25. The first-order valence-electron chi connectivity index (χ1n) is 4.73. The second-order valence-electron chi connectivity index (χ2n) is 3.17. The zero-order chi connectivity index (χ0) is 12.1. The van der Waals surface area contributed by atoms with Gasteiger partial charge in [0, 0.05) is 17.7 Å². The third-order valence-corrected chi connectivity index (χ3v) is 2.11. The molecular formula is C11H11NO4. The number of hydrogen-bond acceptors (Lipinski definition) is 3. The Labute approximate surface area is 92.2 Å². The molecule has 84 valence electrons. The summed E-state index contributed by atoms with van der Waals surface area (Å²) in [6, 6.07) is 4.67. The smallest absolute Gasteiger partial charge is 0.328 e. The second kappa shape index (κ2) is 5.06. The summed E-state index contributed by atoms with van der Waals surface area (Å²) in [6.07, 6.45) is 2.85. The van der Waals surface area contributed by atoms with Crippen LogP contribution < -0.4 is 0 Å². The van der Waals surface area contributed by atoms with Gasteiger partial charge in [0.2, 0.25) is 0 Å². The van der Waals surface area contributed by atoms with E-state index in [0.717, 1.165) is 6.08 Å². The minimum absolute atomic E-state index is 0.0232. The van der Waals surface area contributed by atoms with Crippen molar-refractivity contribution in [1.29, 1.82) is 0 Å². The molecule has 0 saturated heterocycles. The molecule has 1 rings (SSSR count). The van der Waals surface area contributed by atoms with Gasteiger partial charge in [-0.3, -0.25) is 10.1 Å². The van der Waals surface area contributed by atoms with Gasteiger partial charge >= 0.3 is 5.97 Å². The van der Waals surface area contributed by atoms with Gasteiger partial charge in [-0.05, 0) is 18.1 Å². The van der Waals surface area contributed by atoms with E-state index in [-0.39, 0.29) is 5.69 Å². The molecule has 1 aromatic rings. The maximum atomic E-state index is 10.7. The SMILES string of the molecule is CCc1ccc(C=CC(=O)O)cc1[N+](=O)[O-]. The van der Waals surface area contributed by atoms with Crippen LogP contribution in [0.2, 0.25) is 0 Å². The molecule has 0 aliphatic rings. The molecule has 1 N–H and O–H groups in total. The molecule has 0 bridgehead atoms. The van der Waals surface area contributed by atoms with Gasteiger partial charge in [-0.1, -0.05) is 19.1 Å². The van der Waals surface area contributed by atoms with Crippen molar-refractivity contribution in [2.75, 3.05) is 0 Å². The molecule has 0 aliphatic carbocycles. The summed E-state index contributed by atoms with van der Waals surface area (Å²) >= 11 is 0. The van der Waals surface area contributed by atoms with Crippen molar-refractivity contribution in [3.05, 3.63) is 45.5 Å². The molecule has 16 heavy (non-hydrogen) atoms. The van der Waals surface area contributed by atoms with Gasteiger partial charge in [-0.15, -0.1) is 0 Å². The van der Waals surface area contributed by atoms with Crippen molar-refractivity contribution in [3.63, 3.8) is 0 Å². The van der Waals surface area contributed by atoms with Crippen molar-refractivity contribution >= 4 is 17.7 Å². The van der Waals surface area contributed by atoms with Crippen molar-refractivity contribution in [3.8, 4) is 0 Å². The molecule has 0 aromatic heterocycles. The van der Waals surface area contributed by atoms with Crippen LogP contribution >= 0.6 is 0 Å². The summed E-state index contributed by atoms with van der Waals surface area (Å²) in [4.78, 5) is 20.6. The first-order chi connectivity index (χ1) is 7.54. The van der Waals surface area contributed by atoms with E-state index >= 15 is 0 Å². The van der Waals surface area contributed by atoms with Crippen molar-refractivity contribution in [1.82, 2.24) is 0 Å². The summed E-state index contributed by atoms with van der Waals surface area (Å²) < 4.78 is 0. The molecule has 0 spiro atoms. The highest BCUT2D eigenvalue weighted by Gasteiger charge is 2.11. The van der Waals surface area contributed by atoms with E-state index in [0.29, 0.717) is 17.5 Å². The lowest BCUT2D eigenvalue weighted by Gasteiger charge is -2.00. The van der Waals surface area contributed by atoms with Crippen LogP contribution in [0.25, 0.3) is 6.08 Å². The number of benzene rings is 1. The summed E-state index contributed by atoms with van der Waals surface area (Å²) in [5, 5.41) is 19.2. The number of carboxylic acids is 1. The summed E-state index contributed by atoms with van der Waals surface area (Å²) in [5.74, 6) is -1.08. The quantitative estimate of drug-likeness (QED) is 0.480. The Balaban J connectivity index is 3.12. The highest BCUT2D eigenvalue weighted by atomic mass is 16.6. The molecule has 0 radical (unpaired) electrons. The fourth-order valence-electron chi connectivity index (χ4n) is 1.32. The van der Waals surface area contributed by atoms with Crippen LogP contribution in [0.5, 0.6) is 0 Å². The summed E-state index contributed by atoms with van der Waals surface area (Å²) in [5.41, 5.74) is 1.17. The molecule has 0 unspecified atom stereocenters. The average molecular weight is 221 g/mol. The number of carboxylic acid groups (broad SMARTS) is 1. The molecule has 5 heteroatoms. The standard InChI is InChI=1S/C11H11NO4/c1-2-9-5-3-8(4-6-11(13)14)7-10(9)12(15)16/h3-7H,2H2,1H3,(H,13,14). The highest BCUT2D eigenvalue weighted by Crippen LogP contribution is 2.21. The number of aryl methyl sites for hydroxylation is 1. The lowest BCUT2D eigenvalue weighted by Crippen LogP contribution is -1.95. The Hall–Kier alpha value is -2.17. The van der Waals surface area contributed by atoms with Crippen molar-refractivity contribution < 1.29 is 14.8 Å². The van der Waals surface area contributed by atoms with Crippen LogP contribution in [0, 0.1) is 10.1 Å². The van der Waals surface area contributed by atoms with E-state index in [1.165, 1.54) is 12.1 Å². The lowest BCUT2D eigenvalue weighted by molar-refractivity contribution is -0.385. The van der Waals surface area contributed by atoms with Crippen molar-refractivity contribution in [2.24, 2.45) is 0 Å². The zero-order valence-electron chi connectivity index (χ0n) is 8.71. The van der Waals surface area contributed by atoms with Crippen LogP contribution in [-0.4, -0.2) is 16.0 Å². The van der Waals surface area contributed by atoms with E-state index in [1.54, 1.807) is 12.1 Å². The fourth-order valence-corrected chi connectivity index (χ4v) is 1.32. The van der Waals surface area contributed by atoms with Gasteiger partial charge in [0.05, 0.1) is 4.92 Å². The number of nitro benzene ring substituents is 1. The van der Waals surface area contributed by atoms with E-state index in [4.69, 9.17) is 5.11 Å². The molecule has 0 amide bonds. The maximum absolute atomic E-state index is 10.7. The van der Waals surface area contributed by atoms with E-state index < -0.39 is 10.9 Å². The molecule has 5 nitrogen and oxygen atoms in total. The molecule has 0 aliphatic heterocycles. The van der Waals surface area contributed by atoms with Crippen LogP contribution in [0.3, 0.4) is 0 Å². The lowest BCUT2D eigenvalue weighted by atomic mass is 10.1. The van der Waals surface area contributed by atoms with Crippen LogP contribution in [0.15, 0.2) is 24.3 Å². The van der Waals surface area contributed by atoms with Gasteiger partial charge in [-0.2, -0.15) is 0 Å². The van der Waals surface area contributed by atoms with Crippen LogP contribution in [-0.2, 0) is 11.2 Å². The molecule has 0 fully saturated rings. The Morgan fingerprint density at radius 1 is 1.56 bits per heavy atom. The molecule has 0 heterocycles. The average Bonchev–Trinajstić information content (AvgIpc) is 2.25. The normalized spacial score (nSPS) is 10.6. The van der Waals surface area contributed by atoms with Gasteiger partial charge < -0.3 is 5.11 Å². The van der Waals surface area contributed by atoms with Gasteiger partial charge in [0.1, 0.15) is 0 Å². The van der Waals surface area contributed by atoms with E-state index in [1.807, 2.05) is 6.92 Å². The third-order valence-electron chi connectivity index (χ3n) is 2.11. The number of carbonyl (C=O) groups is 1. The molecular weight excluding hydrogens is 210 g/mol. The number of rotatable bonds is 4. The Bertz CT molecular complexity index is 451. The van der Waals surface area contributed by atoms with E-state index in [2.05, 4.69) is 0 Å². The maximum Gasteiger partial charge on any atom is 0.328 e. The van der Waals surface area contributed by atoms with Crippen LogP contribution in [0.4, 0.5) is 5.69 Å². The summed E-state index contributed by atoms with van der Waals surface area (Å²) in [6.45, 7) is 1.83. The van der Waals surface area contributed by atoms with Gasteiger partial charge in [0.15, 0.2) is 0 Å². The molecule has 1 aromatic carbocycles. The first-order valence-corrected chi connectivity index (χ1v) is 4.73. The number of aliphatic carboxylic acids is 1. The minimum Gasteiger partial charge on any atom is -0.478 e. The largest absolute Gasteiger partial charge is 0.478 e. The Morgan fingerprint density at radius 2 is 2.25 bits per heavy atom. The fraction of sp³-hybridized carbons (Fsp3) is 0.182. The van der Waals surface area contributed by atoms with Crippen molar-refractivity contribution in [2.45, 2.75) is 13.3 Å². The first kappa shape index (κ1) is 11.9. The van der Waals surface area contributed by atoms with Gasteiger partial charge in [-0.25, -0.2) is 4.79 Å². The third kappa shape index (κ3) is 2.91. The predicted molar refractivity (Wildman–Crippen MR) is 59.1 cm³/mol. The number of nitro groups is 1. The monoisotopic (exact) mass is 221 g/mol. The van der Waals surface area contributed by atoms with Crippen LogP contribution in [0.1, 0.15) is 18.1 Å². The van der Waals surface area contributed by atoms with E-state index in [9.17, 15) is 14.9 Å². The Kier molecular flexibility index (Phi) is 3.77. The number of nitrogens with zero attached hydrogens (tertiary/aromatic N) is 1. The second-order valence-corrected chi connectivity index (χ2v) is 3.17.